The highest BCUT2D eigenvalue weighted by atomic mass is 16.4. The zero-order chi connectivity index (χ0) is 22.5. The second-order valence-electron chi connectivity index (χ2n) is 6.71. The third-order valence-electron chi connectivity index (χ3n) is 4.18. The summed E-state index contributed by atoms with van der Waals surface area (Å²) in [5, 5.41) is 25.3. The summed E-state index contributed by atoms with van der Waals surface area (Å²) in [6.45, 7) is -0.371. The lowest BCUT2D eigenvalue weighted by molar-refractivity contribution is -0.142. The SMILES string of the molecule is NCCCC[C@H](NC(=O)CNC(=O)CNC(=O)[C@@H](N)Cc1ccc(O)cc1)C(=O)O. The lowest BCUT2D eigenvalue weighted by Crippen LogP contribution is -2.48. The van der Waals surface area contributed by atoms with Crippen molar-refractivity contribution in [1.82, 2.24) is 16.0 Å². The van der Waals surface area contributed by atoms with Crippen LogP contribution in [0.1, 0.15) is 24.8 Å². The van der Waals surface area contributed by atoms with Crippen molar-refractivity contribution in [3.63, 3.8) is 0 Å². The van der Waals surface area contributed by atoms with Gasteiger partial charge in [-0.05, 0) is 49.9 Å². The Balaban J connectivity index is 2.32. The maximum atomic E-state index is 12.0. The molecule has 0 heterocycles. The molecule has 0 saturated carbocycles. The summed E-state index contributed by atoms with van der Waals surface area (Å²) in [4.78, 5) is 46.8. The van der Waals surface area contributed by atoms with E-state index in [1.807, 2.05) is 0 Å². The van der Waals surface area contributed by atoms with Crippen molar-refractivity contribution in [2.45, 2.75) is 37.8 Å². The van der Waals surface area contributed by atoms with Gasteiger partial charge in [0.2, 0.25) is 17.7 Å². The predicted octanol–water partition coefficient (Wildman–Crippen LogP) is -1.81. The van der Waals surface area contributed by atoms with Crippen LogP contribution in [0.4, 0.5) is 0 Å². The molecule has 11 heteroatoms. The van der Waals surface area contributed by atoms with Gasteiger partial charge in [0.1, 0.15) is 11.8 Å². The minimum atomic E-state index is -1.17. The van der Waals surface area contributed by atoms with E-state index >= 15 is 0 Å². The molecule has 0 unspecified atom stereocenters. The number of nitrogens with one attached hydrogen (secondary N) is 3. The third-order valence-corrected chi connectivity index (χ3v) is 4.18. The topological polar surface area (TPSA) is 197 Å². The maximum absolute atomic E-state index is 12.0. The first-order valence-corrected chi connectivity index (χ1v) is 9.53. The molecule has 1 aromatic rings. The van der Waals surface area contributed by atoms with E-state index in [0.29, 0.717) is 19.4 Å². The van der Waals surface area contributed by atoms with E-state index in [-0.39, 0.29) is 25.1 Å². The normalized spacial score (nSPS) is 12.5. The number of rotatable bonds is 13. The van der Waals surface area contributed by atoms with Crippen LogP contribution in [-0.4, -0.2) is 65.6 Å². The lowest BCUT2D eigenvalue weighted by atomic mass is 10.1. The van der Waals surface area contributed by atoms with Crippen molar-refractivity contribution in [1.29, 1.82) is 0 Å². The molecule has 30 heavy (non-hydrogen) atoms. The zero-order valence-electron chi connectivity index (χ0n) is 16.6. The number of carbonyl (C=O) groups is 4. The van der Waals surface area contributed by atoms with Crippen LogP contribution < -0.4 is 27.4 Å². The fourth-order valence-corrected chi connectivity index (χ4v) is 2.51. The number of aliphatic carboxylic acids is 1. The summed E-state index contributed by atoms with van der Waals surface area (Å²) in [6, 6.07) is 4.27. The monoisotopic (exact) mass is 423 g/mol. The summed E-state index contributed by atoms with van der Waals surface area (Å²) >= 11 is 0. The van der Waals surface area contributed by atoms with Crippen LogP contribution in [0.25, 0.3) is 0 Å². The van der Waals surface area contributed by atoms with Gasteiger partial charge in [0.15, 0.2) is 0 Å². The Morgan fingerprint density at radius 2 is 1.60 bits per heavy atom. The molecule has 3 amide bonds. The number of carbonyl (C=O) groups excluding carboxylic acids is 3. The number of carboxylic acid groups (broad SMARTS) is 1. The molecule has 0 saturated heterocycles. The fraction of sp³-hybridized carbons (Fsp3) is 0.474. The van der Waals surface area contributed by atoms with E-state index in [2.05, 4.69) is 16.0 Å². The van der Waals surface area contributed by atoms with Gasteiger partial charge in [-0.25, -0.2) is 4.79 Å². The van der Waals surface area contributed by atoms with Gasteiger partial charge in [-0.15, -0.1) is 0 Å². The molecule has 0 aliphatic rings. The van der Waals surface area contributed by atoms with Crippen molar-refractivity contribution in [3.05, 3.63) is 29.8 Å². The van der Waals surface area contributed by atoms with Gasteiger partial charge in [-0.3, -0.25) is 14.4 Å². The first kappa shape index (κ1) is 24.9. The molecule has 1 aromatic carbocycles. The molecule has 166 valence electrons. The highest BCUT2D eigenvalue weighted by Crippen LogP contribution is 2.10. The molecular weight excluding hydrogens is 394 g/mol. The van der Waals surface area contributed by atoms with Gasteiger partial charge < -0.3 is 37.6 Å². The standard InChI is InChI=1S/C19H29N5O6/c20-8-2-1-3-15(19(29)30)24-17(27)11-22-16(26)10-23-18(28)14(21)9-12-4-6-13(25)7-5-12/h4-7,14-15,25H,1-3,8-11,20-21H2,(H,22,26)(H,23,28)(H,24,27)(H,29,30)/t14-,15-/m0/s1. The van der Waals surface area contributed by atoms with E-state index in [1.54, 1.807) is 12.1 Å². The van der Waals surface area contributed by atoms with Gasteiger partial charge in [0, 0.05) is 0 Å². The van der Waals surface area contributed by atoms with Crippen molar-refractivity contribution >= 4 is 23.7 Å². The number of phenols is 1. The largest absolute Gasteiger partial charge is 0.508 e. The summed E-state index contributed by atoms with van der Waals surface area (Å²) in [5.74, 6) is -2.89. The van der Waals surface area contributed by atoms with E-state index in [9.17, 15) is 24.3 Å². The first-order chi connectivity index (χ1) is 14.2. The quantitative estimate of drug-likeness (QED) is 0.180. The van der Waals surface area contributed by atoms with Crippen LogP contribution >= 0.6 is 0 Å². The summed E-state index contributed by atoms with van der Waals surface area (Å²) in [7, 11) is 0. The maximum Gasteiger partial charge on any atom is 0.326 e. The summed E-state index contributed by atoms with van der Waals surface area (Å²) < 4.78 is 0. The van der Waals surface area contributed by atoms with E-state index < -0.39 is 42.3 Å². The molecule has 0 radical (unpaired) electrons. The van der Waals surface area contributed by atoms with Crippen LogP contribution in [0.5, 0.6) is 5.75 Å². The highest BCUT2D eigenvalue weighted by Gasteiger charge is 2.20. The zero-order valence-corrected chi connectivity index (χ0v) is 16.6. The molecule has 0 aromatic heterocycles. The number of hydrogen-bond acceptors (Lipinski definition) is 7. The molecule has 0 bridgehead atoms. The Kier molecular flexibility index (Phi) is 10.9. The molecule has 0 spiro atoms. The fourth-order valence-electron chi connectivity index (χ4n) is 2.51. The Morgan fingerprint density at radius 1 is 0.967 bits per heavy atom. The van der Waals surface area contributed by atoms with Crippen LogP contribution in [0.15, 0.2) is 24.3 Å². The Hall–Kier alpha value is -3.18. The van der Waals surface area contributed by atoms with E-state index in [0.717, 1.165) is 5.56 Å². The average Bonchev–Trinajstić information content (AvgIpc) is 2.71. The number of carboxylic acids is 1. The number of unbranched alkanes of at least 4 members (excludes halogenated alkanes) is 1. The van der Waals surface area contributed by atoms with Crippen LogP contribution in [0.2, 0.25) is 0 Å². The molecule has 0 aliphatic carbocycles. The number of aromatic hydroxyl groups is 1. The third kappa shape index (κ3) is 9.85. The number of hydrogen-bond donors (Lipinski definition) is 7. The average molecular weight is 423 g/mol. The van der Waals surface area contributed by atoms with Crippen molar-refractivity contribution in [2.75, 3.05) is 19.6 Å². The molecule has 2 atom stereocenters. The van der Waals surface area contributed by atoms with Gasteiger partial charge in [0.25, 0.3) is 0 Å². The Bertz CT molecular complexity index is 725. The lowest BCUT2D eigenvalue weighted by Gasteiger charge is -2.15. The number of amides is 3. The molecule has 0 aliphatic heterocycles. The van der Waals surface area contributed by atoms with E-state index in [4.69, 9.17) is 16.6 Å². The number of phenolic OH excluding ortho intramolecular Hbond substituents is 1. The van der Waals surface area contributed by atoms with Crippen LogP contribution in [-0.2, 0) is 25.6 Å². The molecule has 11 nitrogen and oxygen atoms in total. The van der Waals surface area contributed by atoms with Crippen LogP contribution in [0.3, 0.4) is 0 Å². The summed E-state index contributed by atoms with van der Waals surface area (Å²) in [5.41, 5.74) is 11.9. The second kappa shape index (κ2) is 13.1. The van der Waals surface area contributed by atoms with Crippen molar-refractivity contribution < 1.29 is 29.4 Å². The molecule has 1 rings (SSSR count). The smallest absolute Gasteiger partial charge is 0.326 e. The first-order valence-electron chi connectivity index (χ1n) is 9.53. The van der Waals surface area contributed by atoms with Gasteiger partial charge in [0.05, 0.1) is 19.1 Å². The highest BCUT2D eigenvalue weighted by molar-refractivity contribution is 5.90. The molecular formula is C19H29N5O6. The number of benzene rings is 1. The van der Waals surface area contributed by atoms with Gasteiger partial charge in [-0.2, -0.15) is 0 Å². The Morgan fingerprint density at radius 3 is 2.20 bits per heavy atom. The van der Waals surface area contributed by atoms with Crippen LogP contribution in [0, 0.1) is 0 Å². The second-order valence-corrected chi connectivity index (χ2v) is 6.71. The Labute approximate surface area is 174 Å². The van der Waals surface area contributed by atoms with Crippen molar-refractivity contribution in [3.8, 4) is 5.75 Å². The predicted molar refractivity (Wildman–Crippen MR) is 108 cm³/mol. The minimum Gasteiger partial charge on any atom is -0.508 e. The molecule has 9 N–H and O–H groups in total. The van der Waals surface area contributed by atoms with Crippen molar-refractivity contribution in [2.24, 2.45) is 11.5 Å². The summed E-state index contributed by atoms with van der Waals surface area (Å²) in [6.07, 6.45) is 1.65. The minimum absolute atomic E-state index is 0.0997. The van der Waals surface area contributed by atoms with E-state index in [1.165, 1.54) is 12.1 Å². The van der Waals surface area contributed by atoms with Gasteiger partial charge >= 0.3 is 5.97 Å². The molecule has 0 fully saturated rings. The van der Waals surface area contributed by atoms with Gasteiger partial charge in [-0.1, -0.05) is 12.1 Å². The number of nitrogens with two attached hydrogens (primary N) is 2.